The molecule has 0 bridgehead atoms. The Hall–Kier alpha value is -4.66. The topological polar surface area (TPSA) is 134 Å². The van der Waals surface area contributed by atoms with Crippen LogP contribution in [0.4, 0.5) is 19.3 Å². The molecule has 3 aromatic rings. The van der Waals surface area contributed by atoms with Crippen LogP contribution in [0.5, 0.6) is 0 Å². The third kappa shape index (κ3) is 5.36. The number of anilines is 1. The van der Waals surface area contributed by atoms with Crippen molar-refractivity contribution in [1.82, 2.24) is 19.9 Å². The number of carbonyl (C=O) groups excluding carboxylic acids is 2. The summed E-state index contributed by atoms with van der Waals surface area (Å²) in [5.74, 6) is -1.59. The van der Waals surface area contributed by atoms with Crippen molar-refractivity contribution in [3.63, 3.8) is 0 Å². The number of amidine groups is 1. The molecule has 1 atom stereocenters. The molecule has 38 heavy (non-hydrogen) atoms. The summed E-state index contributed by atoms with van der Waals surface area (Å²) >= 11 is 0. The Morgan fingerprint density at radius 1 is 1.18 bits per heavy atom. The fourth-order valence-corrected chi connectivity index (χ4v) is 4.04. The van der Waals surface area contributed by atoms with Crippen LogP contribution in [-0.4, -0.2) is 38.0 Å². The summed E-state index contributed by atoms with van der Waals surface area (Å²) in [6, 6.07) is 8.37. The fourth-order valence-electron chi connectivity index (χ4n) is 4.04. The van der Waals surface area contributed by atoms with Crippen LogP contribution in [0, 0.1) is 29.9 Å². The molecule has 2 N–H and O–H groups in total. The molecule has 0 aliphatic carbocycles. The first-order valence-electron chi connectivity index (χ1n) is 11.6. The van der Waals surface area contributed by atoms with E-state index in [9.17, 15) is 19.2 Å². The maximum atomic E-state index is 15.2. The molecule has 1 aliphatic rings. The van der Waals surface area contributed by atoms with Crippen LogP contribution in [0.25, 0.3) is 0 Å². The summed E-state index contributed by atoms with van der Waals surface area (Å²) in [7, 11) is 0. The highest BCUT2D eigenvalue weighted by Crippen LogP contribution is 2.36. The number of benzene rings is 1. The van der Waals surface area contributed by atoms with Crippen molar-refractivity contribution in [1.29, 1.82) is 5.26 Å². The molecule has 196 valence electrons. The number of aromatic nitrogens is 3. The molecule has 1 unspecified atom stereocenters. The van der Waals surface area contributed by atoms with Gasteiger partial charge in [0.05, 0.1) is 18.4 Å². The zero-order chi connectivity index (χ0) is 27.8. The minimum atomic E-state index is -1.32. The largest absolute Gasteiger partial charge is 0.444 e. The highest BCUT2D eigenvalue weighted by molar-refractivity contribution is 6.05. The fraction of sp³-hybridized carbons (Fsp3) is 0.308. The Labute approximate surface area is 217 Å². The highest BCUT2D eigenvalue weighted by atomic mass is 19.1. The number of aryl methyl sites for hydroxylation is 1. The van der Waals surface area contributed by atoms with Gasteiger partial charge in [0.15, 0.2) is 11.7 Å². The highest BCUT2D eigenvalue weighted by Gasteiger charge is 2.38. The van der Waals surface area contributed by atoms with Gasteiger partial charge in [-0.1, -0.05) is 0 Å². The molecule has 0 saturated carbocycles. The van der Waals surface area contributed by atoms with Crippen LogP contribution >= 0.6 is 0 Å². The Kier molecular flexibility index (Phi) is 6.71. The molecule has 2 amide bonds. The molecule has 12 heteroatoms. The normalized spacial score (nSPS) is 16.6. The van der Waals surface area contributed by atoms with Gasteiger partial charge in [0, 0.05) is 11.3 Å². The predicted molar refractivity (Wildman–Crippen MR) is 133 cm³/mol. The first-order valence-corrected chi connectivity index (χ1v) is 11.6. The number of nitrogens with zero attached hydrogens (tertiary/aromatic N) is 5. The van der Waals surface area contributed by atoms with Crippen LogP contribution < -0.4 is 10.6 Å². The number of fused-ring (bicyclic) bond motifs is 1. The van der Waals surface area contributed by atoms with Gasteiger partial charge >= 0.3 is 6.09 Å². The van der Waals surface area contributed by atoms with E-state index in [1.54, 1.807) is 39.2 Å². The van der Waals surface area contributed by atoms with Gasteiger partial charge in [-0.05, 0) is 65.0 Å². The summed E-state index contributed by atoms with van der Waals surface area (Å²) in [5.41, 5.74) is -1.16. The number of nitriles is 1. The number of hydrogen-bond donors (Lipinski definition) is 2. The zero-order valence-electron chi connectivity index (χ0n) is 21.4. The third-order valence-corrected chi connectivity index (χ3v) is 5.67. The van der Waals surface area contributed by atoms with Gasteiger partial charge in [-0.25, -0.2) is 23.5 Å². The van der Waals surface area contributed by atoms with Crippen LogP contribution in [0.1, 0.15) is 61.0 Å². The van der Waals surface area contributed by atoms with E-state index in [0.717, 1.165) is 12.3 Å². The van der Waals surface area contributed by atoms with Crippen molar-refractivity contribution in [3.8, 4) is 6.07 Å². The van der Waals surface area contributed by atoms with E-state index in [1.165, 1.54) is 24.3 Å². The maximum Gasteiger partial charge on any atom is 0.413 e. The molecule has 0 fully saturated rings. The van der Waals surface area contributed by atoms with Gasteiger partial charge < -0.3 is 14.6 Å². The molecular weight excluding hydrogens is 496 g/mol. The Balaban J connectivity index is 1.74. The van der Waals surface area contributed by atoms with Crippen LogP contribution in [-0.2, 0) is 16.8 Å². The van der Waals surface area contributed by atoms with E-state index in [4.69, 9.17) is 4.74 Å². The molecule has 0 saturated heterocycles. The van der Waals surface area contributed by atoms with Gasteiger partial charge in [-0.3, -0.25) is 15.1 Å². The van der Waals surface area contributed by atoms with Crippen molar-refractivity contribution in [2.75, 3.05) is 5.32 Å². The molecule has 3 heterocycles. The van der Waals surface area contributed by atoms with Crippen molar-refractivity contribution in [3.05, 3.63) is 76.6 Å². The zero-order valence-corrected chi connectivity index (χ0v) is 21.4. The van der Waals surface area contributed by atoms with Gasteiger partial charge in [-0.2, -0.15) is 5.26 Å². The Morgan fingerprint density at radius 3 is 2.55 bits per heavy atom. The number of nitrogens with one attached hydrogen (secondary N) is 2. The summed E-state index contributed by atoms with van der Waals surface area (Å²) < 4.78 is 35.3. The summed E-state index contributed by atoms with van der Waals surface area (Å²) in [6.45, 7) is 8.42. The molecule has 1 aliphatic heterocycles. The summed E-state index contributed by atoms with van der Waals surface area (Å²) in [4.78, 5) is 37.9. The van der Waals surface area contributed by atoms with Crippen LogP contribution in [0.2, 0.25) is 0 Å². The first-order chi connectivity index (χ1) is 17.8. The van der Waals surface area contributed by atoms with E-state index in [2.05, 4.69) is 31.7 Å². The average Bonchev–Trinajstić information content (AvgIpc) is 3.14. The number of amides is 2. The van der Waals surface area contributed by atoms with Gasteiger partial charge in [0.2, 0.25) is 0 Å². The lowest BCUT2D eigenvalue weighted by Gasteiger charge is -2.33. The Bertz CT molecular complexity index is 1500. The second-order valence-corrected chi connectivity index (χ2v) is 9.94. The number of aliphatic imine (C=N–C) groups is 1. The average molecular weight is 522 g/mol. The number of ether oxygens (including phenoxy) is 1. The van der Waals surface area contributed by atoms with E-state index in [1.807, 2.05) is 0 Å². The van der Waals surface area contributed by atoms with E-state index < -0.39 is 34.8 Å². The molecule has 0 spiro atoms. The summed E-state index contributed by atoms with van der Waals surface area (Å²) in [6.07, 6.45) is 0.124. The predicted octanol–water partition coefficient (Wildman–Crippen LogP) is 4.19. The molecule has 0 radical (unpaired) electrons. The molecule has 4 rings (SSSR count). The van der Waals surface area contributed by atoms with Crippen molar-refractivity contribution in [2.45, 2.75) is 52.3 Å². The molecule has 1 aromatic carbocycles. The van der Waals surface area contributed by atoms with Crippen molar-refractivity contribution >= 4 is 23.5 Å². The third-order valence-electron chi connectivity index (χ3n) is 5.67. The lowest BCUT2D eigenvalue weighted by Crippen LogP contribution is -2.44. The number of imidazole rings is 1. The smallest absolute Gasteiger partial charge is 0.413 e. The number of carbonyl (C=O) groups is 2. The lowest BCUT2D eigenvalue weighted by molar-refractivity contribution is 0.0562. The van der Waals surface area contributed by atoms with Gasteiger partial charge in [-0.15, -0.1) is 0 Å². The number of halogens is 2. The second-order valence-electron chi connectivity index (χ2n) is 9.94. The quantitative estimate of drug-likeness (QED) is 0.531. The monoisotopic (exact) mass is 521 g/mol. The van der Waals surface area contributed by atoms with Crippen molar-refractivity contribution in [2.24, 2.45) is 4.99 Å². The SMILES string of the molecule is Cc1nc2n(c1C#N)CC(C)(c1cc(NC(=O)c3ccc(F)cn3)ccc1F)N=C2NC(=O)OC(C)(C)C. The van der Waals surface area contributed by atoms with Crippen LogP contribution in [0.3, 0.4) is 0 Å². The van der Waals surface area contributed by atoms with E-state index in [0.29, 0.717) is 5.69 Å². The van der Waals surface area contributed by atoms with E-state index in [-0.39, 0.29) is 40.8 Å². The van der Waals surface area contributed by atoms with Crippen LogP contribution in [0.15, 0.2) is 41.5 Å². The van der Waals surface area contributed by atoms with E-state index >= 15 is 4.39 Å². The molecule has 2 aromatic heterocycles. The molecule has 10 nitrogen and oxygen atoms in total. The minimum absolute atomic E-state index is 0.00181. The summed E-state index contributed by atoms with van der Waals surface area (Å²) in [5, 5.41) is 14.9. The number of pyridine rings is 1. The first kappa shape index (κ1) is 26.4. The second kappa shape index (κ2) is 9.66. The molecular formula is C26H25F2N7O3. The van der Waals surface area contributed by atoms with Crippen molar-refractivity contribution < 1.29 is 23.1 Å². The lowest BCUT2D eigenvalue weighted by atomic mass is 9.90. The van der Waals surface area contributed by atoms with Gasteiger partial charge in [0.1, 0.15) is 40.2 Å². The number of rotatable bonds is 3. The Morgan fingerprint density at radius 2 is 1.92 bits per heavy atom. The number of hydrogen-bond acceptors (Lipinski definition) is 7. The van der Waals surface area contributed by atoms with Gasteiger partial charge in [0.25, 0.3) is 5.91 Å². The minimum Gasteiger partial charge on any atom is -0.444 e. The standard InChI is InChI=1S/C26H25F2N7O3/c1-14-20(11-29)35-13-26(5,34-21(22(35)31-14)33-24(37)38-25(2,3)4)17-10-16(7-8-18(17)28)32-23(36)19-9-6-15(27)12-30-19/h6-10,12H,13H2,1-5H3,(H,32,36)(H,33,34,37). The maximum absolute atomic E-state index is 15.2. The number of alkyl carbamates (subject to hydrolysis) is 1.